The number of benzene rings is 7. The number of hydrogen-bond acceptors (Lipinski definition) is 4. The monoisotopic (exact) mass is 575 g/mol. The molecule has 9 aromatic rings. The van der Waals surface area contributed by atoms with Crippen LogP contribution in [0.3, 0.4) is 0 Å². The minimum Gasteiger partial charge on any atom is -0.455 e. The lowest BCUT2D eigenvalue weighted by molar-refractivity contribution is 0.672. The van der Waals surface area contributed by atoms with Crippen molar-refractivity contribution in [3.8, 4) is 45.3 Å². The third-order valence-corrected chi connectivity index (χ3v) is 8.54. The van der Waals surface area contributed by atoms with Crippen LogP contribution in [-0.2, 0) is 0 Å². The highest BCUT2D eigenvalue weighted by Crippen LogP contribution is 2.39. The molecule has 9 rings (SSSR count). The minimum atomic E-state index is 0.608. The molecule has 0 radical (unpaired) electrons. The zero-order valence-electron chi connectivity index (χ0n) is 24.2. The molecule has 210 valence electrons. The van der Waals surface area contributed by atoms with Crippen LogP contribution in [0.5, 0.6) is 0 Å². The van der Waals surface area contributed by atoms with E-state index in [0.717, 1.165) is 65.7 Å². The van der Waals surface area contributed by atoms with Gasteiger partial charge in [-0.05, 0) is 39.4 Å². The molecule has 0 fully saturated rings. The first-order valence-electron chi connectivity index (χ1n) is 15.0. The van der Waals surface area contributed by atoms with Crippen molar-refractivity contribution in [2.24, 2.45) is 0 Å². The highest BCUT2D eigenvalue weighted by molar-refractivity contribution is 6.18. The molecular weight excluding hydrogens is 550 g/mol. The molecule has 2 heterocycles. The Kier molecular flexibility index (Phi) is 5.78. The quantitative estimate of drug-likeness (QED) is 0.209. The number of rotatable bonds is 4. The SMILES string of the molecule is c1ccc(-c2ccc(-c3nc(-c4cccc5ccccc45)nc(-c4cccc5oc6c7ccccc7ccc6c45)n3)cc2)cc1. The Morgan fingerprint density at radius 3 is 1.76 bits per heavy atom. The Labute approximate surface area is 259 Å². The van der Waals surface area contributed by atoms with Crippen molar-refractivity contribution in [2.75, 3.05) is 0 Å². The van der Waals surface area contributed by atoms with Gasteiger partial charge in [-0.15, -0.1) is 0 Å². The van der Waals surface area contributed by atoms with E-state index in [2.05, 4.69) is 127 Å². The van der Waals surface area contributed by atoms with E-state index in [9.17, 15) is 0 Å². The van der Waals surface area contributed by atoms with Crippen LogP contribution < -0.4 is 0 Å². The highest BCUT2D eigenvalue weighted by atomic mass is 16.3. The molecule has 0 atom stereocenters. The maximum Gasteiger partial charge on any atom is 0.164 e. The van der Waals surface area contributed by atoms with Gasteiger partial charge in [-0.1, -0.05) is 140 Å². The van der Waals surface area contributed by atoms with Crippen LogP contribution in [0.2, 0.25) is 0 Å². The van der Waals surface area contributed by atoms with Crippen molar-refractivity contribution in [1.29, 1.82) is 0 Å². The van der Waals surface area contributed by atoms with Gasteiger partial charge >= 0.3 is 0 Å². The lowest BCUT2D eigenvalue weighted by Gasteiger charge is -2.11. The maximum atomic E-state index is 6.50. The first kappa shape index (κ1) is 25.4. The smallest absolute Gasteiger partial charge is 0.164 e. The second-order valence-electron chi connectivity index (χ2n) is 11.2. The Bertz CT molecular complexity index is 2530. The number of hydrogen-bond donors (Lipinski definition) is 0. The molecule has 2 aromatic heterocycles. The molecule has 0 saturated carbocycles. The van der Waals surface area contributed by atoms with Gasteiger partial charge < -0.3 is 4.42 Å². The van der Waals surface area contributed by atoms with Crippen LogP contribution in [-0.4, -0.2) is 15.0 Å². The molecule has 0 spiro atoms. The normalized spacial score (nSPS) is 11.6. The molecule has 7 aromatic carbocycles. The fourth-order valence-electron chi connectivity index (χ4n) is 6.35. The molecule has 0 saturated heterocycles. The molecule has 0 aliphatic carbocycles. The van der Waals surface area contributed by atoms with E-state index < -0.39 is 0 Å². The topological polar surface area (TPSA) is 51.8 Å². The largest absolute Gasteiger partial charge is 0.455 e. The Morgan fingerprint density at radius 2 is 0.933 bits per heavy atom. The molecule has 4 heteroatoms. The van der Waals surface area contributed by atoms with Gasteiger partial charge in [0.15, 0.2) is 17.5 Å². The summed E-state index contributed by atoms with van der Waals surface area (Å²) in [4.78, 5) is 15.3. The van der Waals surface area contributed by atoms with Gasteiger partial charge in [0, 0.05) is 32.8 Å². The van der Waals surface area contributed by atoms with Crippen molar-refractivity contribution in [3.63, 3.8) is 0 Å². The van der Waals surface area contributed by atoms with Crippen molar-refractivity contribution in [3.05, 3.63) is 152 Å². The summed E-state index contributed by atoms with van der Waals surface area (Å²) < 4.78 is 6.50. The summed E-state index contributed by atoms with van der Waals surface area (Å²) in [5, 5.41) is 6.51. The summed E-state index contributed by atoms with van der Waals surface area (Å²) in [6, 6.07) is 52.2. The Morgan fingerprint density at radius 1 is 0.356 bits per heavy atom. The second kappa shape index (κ2) is 10.2. The highest BCUT2D eigenvalue weighted by Gasteiger charge is 2.19. The lowest BCUT2D eigenvalue weighted by atomic mass is 10.0. The summed E-state index contributed by atoms with van der Waals surface area (Å²) in [5.41, 5.74) is 6.79. The van der Waals surface area contributed by atoms with Gasteiger partial charge in [0.1, 0.15) is 11.2 Å². The molecule has 0 aliphatic rings. The van der Waals surface area contributed by atoms with Gasteiger partial charge in [0.05, 0.1) is 0 Å². The molecule has 0 unspecified atom stereocenters. The molecular formula is C41H25N3O. The molecule has 0 bridgehead atoms. The van der Waals surface area contributed by atoms with Crippen molar-refractivity contribution in [1.82, 2.24) is 15.0 Å². The van der Waals surface area contributed by atoms with Gasteiger partial charge in [0.25, 0.3) is 0 Å². The molecule has 45 heavy (non-hydrogen) atoms. The summed E-state index contributed by atoms with van der Waals surface area (Å²) in [7, 11) is 0. The van der Waals surface area contributed by atoms with E-state index in [4.69, 9.17) is 19.4 Å². The summed E-state index contributed by atoms with van der Waals surface area (Å²) >= 11 is 0. The fourth-order valence-corrected chi connectivity index (χ4v) is 6.35. The van der Waals surface area contributed by atoms with Crippen molar-refractivity contribution in [2.45, 2.75) is 0 Å². The molecule has 4 nitrogen and oxygen atoms in total. The van der Waals surface area contributed by atoms with E-state index in [1.54, 1.807) is 0 Å². The number of furan rings is 1. The number of aromatic nitrogens is 3. The van der Waals surface area contributed by atoms with Crippen molar-refractivity contribution < 1.29 is 4.42 Å². The summed E-state index contributed by atoms with van der Waals surface area (Å²) in [6.07, 6.45) is 0. The zero-order valence-corrected chi connectivity index (χ0v) is 24.2. The van der Waals surface area contributed by atoms with Crippen molar-refractivity contribution >= 4 is 43.5 Å². The first-order chi connectivity index (χ1) is 22.3. The lowest BCUT2D eigenvalue weighted by Crippen LogP contribution is -2.01. The molecule has 0 N–H and O–H groups in total. The predicted octanol–water partition coefficient (Wildman–Crippen LogP) is 10.7. The van der Waals surface area contributed by atoms with E-state index >= 15 is 0 Å². The van der Waals surface area contributed by atoms with Gasteiger partial charge in [-0.25, -0.2) is 15.0 Å². The van der Waals surface area contributed by atoms with Crippen LogP contribution in [0.1, 0.15) is 0 Å². The van der Waals surface area contributed by atoms with E-state index in [1.807, 2.05) is 24.3 Å². The number of nitrogens with zero attached hydrogens (tertiary/aromatic N) is 3. The zero-order chi connectivity index (χ0) is 29.7. The fraction of sp³-hybridized carbons (Fsp3) is 0. The van der Waals surface area contributed by atoms with E-state index in [-0.39, 0.29) is 0 Å². The minimum absolute atomic E-state index is 0.608. The third kappa shape index (κ3) is 4.27. The molecule has 0 aliphatic heterocycles. The maximum absolute atomic E-state index is 6.50. The van der Waals surface area contributed by atoms with Gasteiger partial charge in [-0.2, -0.15) is 0 Å². The van der Waals surface area contributed by atoms with E-state index in [0.29, 0.717) is 17.5 Å². The molecule has 0 amide bonds. The predicted molar refractivity (Wildman–Crippen MR) is 184 cm³/mol. The van der Waals surface area contributed by atoms with Crippen LogP contribution in [0.25, 0.3) is 88.8 Å². The van der Waals surface area contributed by atoms with Crippen LogP contribution in [0.15, 0.2) is 156 Å². The standard InChI is InChI=1S/C41H25N3O/c1-2-10-26(11-3-1)27-20-22-30(23-21-27)39-42-40(33-17-8-14-28-12-4-6-15-31(28)33)44-41(43-39)35-18-9-19-36-37(35)34-25-24-29-13-5-7-16-32(29)38(34)45-36/h1-25H. The second-order valence-corrected chi connectivity index (χ2v) is 11.2. The number of fused-ring (bicyclic) bond motifs is 6. The summed E-state index contributed by atoms with van der Waals surface area (Å²) in [6.45, 7) is 0. The van der Waals surface area contributed by atoms with Gasteiger partial charge in [-0.3, -0.25) is 0 Å². The Balaban J connectivity index is 1.29. The van der Waals surface area contributed by atoms with Crippen LogP contribution >= 0.6 is 0 Å². The van der Waals surface area contributed by atoms with Gasteiger partial charge in [0.2, 0.25) is 0 Å². The van der Waals surface area contributed by atoms with E-state index in [1.165, 1.54) is 5.56 Å². The van der Waals surface area contributed by atoms with Crippen LogP contribution in [0, 0.1) is 0 Å². The average Bonchev–Trinajstić information content (AvgIpc) is 3.51. The summed E-state index contributed by atoms with van der Waals surface area (Å²) in [5.74, 6) is 1.86. The van der Waals surface area contributed by atoms with Crippen LogP contribution in [0.4, 0.5) is 0 Å². The Hall–Kier alpha value is -6.13. The average molecular weight is 576 g/mol. The first-order valence-corrected chi connectivity index (χ1v) is 15.0. The third-order valence-electron chi connectivity index (χ3n) is 8.54.